The maximum Gasteiger partial charge on any atom is 0.258 e. The Kier molecular flexibility index (Phi) is 5.96. The van der Waals surface area contributed by atoms with E-state index >= 15 is 0 Å². The monoisotopic (exact) mass is 426 g/mol. The molecule has 0 bridgehead atoms. The van der Waals surface area contributed by atoms with Crippen molar-refractivity contribution in [3.05, 3.63) is 51.3 Å². The molecule has 2 aromatic rings. The van der Waals surface area contributed by atoms with Gasteiger partial charge in [-0.3, -0.25) is 9.59 Å². The Bertz CT molecular complexity index is 952. The number of nitrogens with two attached hydrogens (primary N) is 1. The van der Waals surface area contributed by atoms with E-state index in [4.69, 9.17) is 38.4 Å². The number of benzene rings is 2. The van der Waals surface area contributed by atoms with Crippen LogP contribution in [-0.2, 0) is 11.2 Å². The predicted octanol–water partition coefficient (Wildman–Crippen LogP) is 3.60. The van der Waals surface area contributed by atoms with Crippen molar-refractivity contribution in [2.45, 2.75) is 12.8 Å². The summed E-state index contributed by atoms with van der Waals surface area (Å²) < 4.78 is 25.0. The van der Waals surface area contributed by atoms with E-state index in [9.17, 15) is 14.0 Å². The van der Waals surface area contributed by atoms with Gasteiger partial charge in [0.05, 0.1) is 17.8 Å². The lowest BCUT2D eigenvalue weighted by molar-refractivity contribution is -0.119. The van der Waals surface area contributed by atoms with E-state index in [-0.39, 0.29) is 27.8 Å². The summed E-state index contributed by atoms with van der Waals surface area (Å²) in [6.07, 6.45) is 1.23. The first-order valence-corrected chi connectivity index (χ1v) is 9.16. The van der Waals surface area contributed by atoms with Crippen LogP contribution in [0.5, 0.6) is 11.5 Å². The maximum absolute atomic E-state index is 14.5. The highest BCUT2D eigenvalue weighted by atomic mass is 35.5. The Morgan fingerprint density at radius 3 is 2.68 bits per heavy atom. The molecule has 0 saturated carbocycles. The Hall–Kier alpha value is -2.51. The molecule has 0 atom stereocenters. The van der Waals surface area contributed by atoms with E-state index in [2.05, 4.69) is 0 Å². The zero-order valence-corrected chi connectivity index (χ0v) is 16.4. The van der Waals surface area contributed by atoms with Gasteiger partial charge in [0, 0.05) is 17.1 Å². The van der Waals surface area contributed by atoms with Crippen LogP contribution in [0.4, 0.5) is 10.1 Å². The van der Waals surface area contributed by atoms with Crippen molar-refractivity contribution in [3.63, 3.8) is 0 Å². The van der Waals surface area contributed by atoms with Crippen molar-refractivity contribution in [2.24, 2.45) is 5.73 Å². The van der Waals surface area contributed by atoms with Crippen LogP contribution in [0.3, 0.4) is 0 Å². The van der Waals surface area contributed by atoms with Gasteiger partial charge in [0.25, 0.3) is 11.8 Å². The number of anilines is 1. The second-order valence-electron chi connectivity index (χ2n) is 6.16. The van der Waals surface area contributed by atoms with Crippen LogP contribution in [0.15, 0.2) is 24.3 Å². The molecular weight excluding hydrogens is 410 g/mol. The number of fused-ring (bicyclic) bond motifs is 1. The second-order valence-corrected chi connectivity index (χ2v) is 6.98. The fourth-order valence-corrected chi connectivity index (χ4v) is 3.64. The fourth-order valence-electron chi connectivity index (χ4n) is 3.12. The summed E-state index contributed by atoms with van der Waals surface area (Å²) >= 11 is 12.4. The van der Waals surface area contributed by atoms with Gasteiger partial charge in [-0.2, -0.15) is 0 Å². The number of nitrogens with zero attached hydrogens (tertiary/aromatic N) is 1. The number of halogens is 3. The van der Waals surface area contributed by atoms with Crippen LogP contribution in [0.1, 0.15) is 22.3 Å². The summed E-state index contributed by atoms with van der Waals surface area (Å²) in [6, 6.07) is 5.51. The summed E-state index contributed by atoms with van der Waals surface area (Å²) in [7, 11) is 1.37. The average molecular weight is 427 g/mol. The minimum atomic E-state index is -0.685. The molecule has 0 radical (unpaired) electrons. The van der Waals surface area contributed by atoms with Gasteiger partial charge in [0.1, 0.15) is 5.82 Å². The molecule has 2 N–H and O–H groups in total. The molecular formula is C19H17Cl2FN2O4. The van der Waals surface area contributed by atoms with E-state index < -0.39 is 24.2 Å². The maximum atomic E-state index is 14.5. The Morgan fingerprint density at radius 2 is 2.00 bits per heavy atom. The lowest BCUT2D eigenvalue weighted by Crippen LogP contribution is -2.36. The highest BCUT2D eigenvalue weighted by molar-refractivity contribution is 6.33. The third-order valence-electron chi connectivity index (χ3n) is 4.34. The van der Waals surface area contributed by atoms with Crippen molar-refractivity contribution in [1.82, 2.24) is 0 Å². The number of methoxy groups -OCH3 is 1. The van der Waals surface area contributed by atoms with Gasteiger partial charge in [-0.05, 0) is 42.7 Å². The fraction of sp³-hybridized carbons (Fsp3) is 0.263. The zero-order valence-electron chi connectivity index (χ0n) is 14.9. The molecule has 1 aliphatic rings. The van der Waals surface area contributed by atoms with E-state index in [1.165, 1.54) is 36.3 Å². The van der Waals surface area contributed by atoms with Crippen molar-refractivity contribution in [1.29, 1.82) is 0 Å². The molecule has 0 aromatic heterocycles. The average Bonchev–Trinajstić information content (AvgIpc) is 2.68. The third kappa shape index (κ3) is 3.86. The first-order chi connectivity index (χ1) is 13.3. The molecule has 2 amide bonds. The van der Waals surface area contributed by atoms with Gasteiger partial charge in [-0.15, -0.1) is 0 Å². The quantitative estimate of drug-likeness (QED) is 0.791. The Labute approximate surface area is 170 Å². The number of amides is 2. The number of hydrogen-bond acceptors (Lipinski definition) is 4. The molecule has 2 aromatic carbocycles. The first kappa shape index (κ1) is 20.2. The molecule has 28 heavy (non-hydrogen) atoms. The molecule has 0 fully saturated rings. The topological polar surface area (TPSA) is 81.9 Å². The van der Waals surface area contributed by atoms with Gasteiger partial charge in [-0.1, -0.05) is 23.2 Å². The van der Waals surface area contributed by atoms with Gasteiger partial charge in [-0.25, -0.2) is 4.39 Å². The number of rotatable bonds is 5. The van der Waals surface area contributed by atoms with Gasteiger partial charge in [0.15, 0.2) is 18.1 Å². The summed E-state index contributed by atoms with van der Waals surface area (Å²) in [4.78, 5) is 25.4. The van der Waals surface area contributed by atoms with E-state index in [1.807, 2.05) is 0 Å². The number of carbonyl (C=O) groups excluding carboxylic acids is 2. The van der Waals surface area contributed by atoms with E-state index in [0.29, 0.717) is 30.0 Å². The molecule has 1 heterocycles. The van der Waals surface area contributed by atoms with Crippen LogP contribution >= 0.6 is 23.2 Å². The molecule has 1 aliphatic heterocycles. The number of hydrogen-bond donors (Lipinski definition) is 1. The molecule has 6 nitrogen and oxygen atoms in total. The van der Waals surface area contributed by atoms with E-state index in [0.717, 1.165) is 0 Å². The first-order valence-electron chi connectivity index (χ1n) is 8.40. The predicted molar refractivity (Wildman–Crippen MR) is 104 cm³/mol. The van der Waals surface area contributed by atoms with Crippen LogP contribution in [0, 0.1) is 5.82 Å². The minimum absolute atomic E-state index is 0.0627. The van der Waals surface area contributed by atoms with Crippen LogP contribution in [-0.4, -0.2) is 32.1 Å². The molecule has 9 heteroatoms. The Balaban J connectivity index is 2.00. The minimum Gasteiger partial charge on any atom is -0.493 e. The van der Waals surface area contributed by atoms with Crippen molar-refractivity contribution < 1.29 is 23.5 Å². The largest absolute Gasteiger partial charge is 0.493 e. The number of ether oxygens (including phenoxy) is 2. The van der Waals surface area contributed by atoms with Gasteiger partial charge < -0.3 is 20.1 Å². The smallest absolute Gasteiger partial charge is 0.258 e. The molecule has 0 saturated heterocycles. The highest BCUT2D eigenvalue weighted by Crippen LogP contribution is 2.39. The van der Waals surface area contributed by atoms with E-state index in [1.54, 1.807) is 0 Å². The molecule has 3 rings (SSSR count). The summed E-state index contributed by atoms with van der Waals surface area (Å²) in [6.45, 7) is -0.0600. The van der Waals surface area contributed by atoms with Crippen LogP contribution in [0.25, 0.3) is 0 Å². The third-order valence-corrected chi connectivity index (χ3v) is 4.97. The number of primary amides is 1. The molecule has 0 unspecified atom stereocenters. The van der Waals surface area contributed by atoms with Crippen LogP contribution < -0.4 is 20.1 Å². The van der Waals surface area contributed by atoms with Gasteiger partial charge >= 0.3 is 0 Å². The SMILES string of the molecule is COc1cc(C(=O)N2CCCc3c(Cl)ccc(F)c32)cc(Cl)c1OCC(N)=O. The summed E-state index contributed by atoms with van der Waals surface area (Å²) in [5.41, 5.74) is 6.03. The van der Waals surface area contributed by atoms with Crippen molar-refractivity contribution >= 4 is 40.7 Å². The van der Waals surface area contributed by atoms with Crippen molar-refractivity contribution in [3.8, 4) is 11.5 Å². The summed E-state index contributed by atoms with van der Waals surface area (Å²) in [5.74, 6) is -1.42. The molecule has 0 spiro atoms. The van der Waals surface area contributed by atoms with Crippen LogP contribution in [0.2, 0.25) is 10.0 Å². The zero-order chi connectivity index (χ0) is 20.4. The molecule has 148 valence electrons. The van der Waals surface area contributed by atoms with Gasteiger partial charge in [0.2, 0.25) is 0 Å². The number of carbonyl (C=O) groups is 2. The molecule has 0 aliphatic carbocycles. The summed E-state index contributed by atoms with van der Waals surface area (Å²) in [5, 5.41) is 0.479. The lowest BCUT2D eigenvalue weighted by atomic mass is 10.00. The lowest BCUT2D eigenvalue weighted by Gasteiger charge is -2.30. The highest BCUT2D eigenvalue weighted by Gasteiger charge is 2.29. The second kappa shape index (κ2) is 8.24. The normalized spacial score (nSPS) is 13.1. The standard InChI is InChI=1S/C19H17Cl2FN2O4/c1-27-15-8-10(7-13(21)18(15)28-9-16(23)25)19(26)24-6-2-3-11-12(20)4-5-14(22)17(11)24/h4-5,7-8H,2-3,6,9H2,1H3,(H2,23,25). The Morgan fingerprint density at radius 1 is 1.25 bits per heavy atom. The van der Waals surface area contributed by atoms with Crippen molar-refractivity contribution in [2.75, 3.05) is 25.2 Å².